The van der Waals surface area contributed by atoms with Gasteiger partial charge in [0.2, 0.25) is 0 Å². The van der Waals surface area contributed by atoms with Crippen LogP contribution in [0.2, 0.25) is 0 Å². The maximum Gasteiger partial charge on any atom is 0.0218 e. The summed E-state index contributed by atoms with van der Waals surface area (Å²) in [6.07, 6.45) is 2.41. The van der Waals surface area contributed by atoms with Crippen LogP contribution in [0.1, 0.15) is 26.7 Å². The lowest BCUT2D eigenvalue weighted by Gasteiger charge is -2.36. The molecule has 0 aromatic heterocycles. The zero-order chi connectivity index (χ0) is 8.43. The number of nitrogens with one attached hydrogen (secondary N) is 1. The fraction of sp³-hybridized carbons (Fsp3) is 1.00. The number of likely N-dealkylation sites (N-methyl/N-ethyl adjacent to an activating group) is 1. The lowest BCUT2D eigenvalue weighted by Crippen LogP contribution is -2.49. The van der Waals surface area contributed by atoms with Crippen LogP contribution in [-0.2, 0) is 0 Å². The number of hydrogen-bond acceptors (Lipinski definition) is 2. The topological polar surface area (TPSA) is 38.0 Å². The van der Waals surface area contributed by atoms with E-state index in [0.29, 0.717) is 12.1 Å². The quantitative estimate of drug-likeness (QED) is 0.593. The third-order valence-electron chi connectivity index (χ3n) is 3.13. The van der Waals surface area contributed by atoms with E-state index >= 15 is 0 Å². The third-order valence-corrected chi connectivity index (χ3v) is 3.13. The van der Waals surface area contributed by atoms with Crippen molar-refractivity contribution in [3.8, 4) is 0 Å². The van der Waals surface area contributed by atoms with Gasteiger partial charge in [-0.25, -0.2) is 0 Å². The molecule has 0 aromatic carbocycles. The van der Waals surface area contributed by atoms with Crippen LogP contribution < -0.4 is 11.1 Å². The first kappa shape index (κ1) is 9.01. The summed E-state index contributed by atoms with van der Waals surface area (Å²) in [5.41, 5.74) is 5.98. The summed E-state index contributed by atoms with van der Waals surface area (Å²) in [6.45, 7) is 4.62. The van der Waals surface area contributed by atoms with Crippen LogP contribution in [0, 0.1) is 11.8 Å². The maximum atomic E-state index is 5.98. The van der Waals surface area contributed by atoms with Crippen molar-refractivity contribution >= 4 is 0 Å². The summed E-state index contributed by atoms with van der Waals surface area (Å²) in [6, 6.07) is 0.910. The monoisotopic (exact) mass is 156 g/mol. The van der Waals surface area contributed by atoms with Crippen LogP contribution in [0.5, 0.6) is 0 Å². The molecule has 1 saturated carbocycles. The molecule has 0 bridgehead atoms. The molecule has 66 valence electrons. The Morgan fingerprint density at radius 1 is 1.18 bits per heavy atom. The van der Waals surface area contributed by atoms with E-state index in [1.54, 1.807) is 0 Å². The molecule has 2 nitrogen and oxygen atoms in total. The summed E-state index contributed by atoms with van der Waals surface area (Å²) >= 11 is 0. The van der Waals surface area contributed by atoms with E-state index in [-0.39, 0.29) is 0 Å². The Morgan fingerprint density at radius 2 is 1.73 bits per heavy atom. The minimum Gasteiger partial charge on any atom is -0.326 e. The Bertz CT molecular complexity index is 125. The van der Waals surface area contributed by atoms with E-state index in [9.17, 15) is 0 Å². The van der Waals surface area contributed by atoms with Gasteiger partial charge in [0.05, 0.1) is 0 Å². The SMILES string of the molecule is CNC1C[C@H](C)C(C)CC1N. The van der Waals surface area contributed by atoms with Crippen molar-refractivity contribution in [3.63, 3.8) is 0 Å². The Balaban J connectivity index is 2.48. The second-order valence-corrected chi connectivity index (χ2v) is 3.98. The Morgan fingerprint density at radius 3 is 2.27 bits per heavy atom. The molecule has 1 aliphatic rings. The first-order chi connectivity index (χ1) is 5.15. The molecule has 0 heterocycles. The van der Waals surface area contributed by atoms with Gasteiger partial charge in [-0.05, 0) is 31.7 Å². The number of hydrogen-bond donors (Lipinski definition) is 2. The lowest BCUT2D eigenvalue weighted by molar-refractivity contribution is 0.206. The van der Waals surface area contributed by atoms with Gasteiger partial charge in [-0.1, -0.05) is 13.8 Å². The Labute approximate surface area is 69.5 Å². The number of rotatable bonds is 1. The molecule has 0 spiro atoms. The molecular weight excluding hydrogens is 136 g/mol. The van der Waals surface area contributed by atoms with Crippen LogP contribution in [0.4, 0.5) is 0 Å². The molecule has 1 rings (SSSR count). The van der Waals surface area contributed by atoms with Crippen molar-refractivity contribution < 1.29 is 0 Å². The normalized spacial score (nSPS) is 45.8. The van der Waals surface area contributed by atoms with Crippen molar-refractivity contribution in [3.05, 3.63) is 0 Å². The molecule has 3 N–H and O–H groups in total. The van der Waals surface area contributed by atoms with Gasteiger partial charge in [-0.2, -0.15) is 0 Å². The molecule has 11 heavy (non-hydrogen) atoms. The van der Waals surface area contributed by atoms with Gasteiger partial charge in [0.15, 0.2) is 0 Å². The van der Waals surface area contributed by atoms with Gasteiger partial charge >= 0.3 is 0 Å². The largest absolute Gasteiger partial charge is 0.326 e. The van der Waals surface area contributed by atoms with E-state index in [1.807, 2.05) is 7.05 Å². The highest BCUT2D eigenvalue weighted by atomic mass is 14.9. The van der Waals surface area contributed by atoms with E-state index in [1.165, 1.54) is 12.8 Å². The minimum atomic E-state index is 0.367. The smallest absolute Gasteiger partial charge is 0.0218 e. The molecule has 1 fully saturated rings. The van der Waals surface area contributed by atoms with Gasteiger partial charge < -0.3 is 11.1 Å². The maximum absolute atomic E-state index is 5.98. The molecule has 0 aromatic rings. The summed E-state index contributed by atoms with van der Waals surface area (Å²) < 4.78 is 0. The van der Waals surface area contributed by atoms with E-state index in [4.69, 9.17) is 5.73 Å². The minimum absolute atomic E-state index is 0.367. The van der Waals surface area contributed by atoms with Crippen molar-refractivity contribution in [2.75, 3.05) is 7.05 Å². The predicted molar refractivity (Wildman–Crippen MR) is 48.4 cm³/mol. The fourth-order valence-electron chi connectivity index (χ4n) is 1.97. The average Bonchev–Trinajstić information content (AvgIpc) is 1.97. The highest BCUT2D eigenvalue weighted by Crippen LogP contribution is 2.28. The Hall–Kier alpha value is -0.0800. The van der Waals surface area contributed by atoms with Crippen LogP contribution in [0.15, 0.2) is 0 Å². The van der Waals surface area contributed by atoms with Crippen molar-refractivity contribution in [1.29, 1.82) is 0 Å². The molecule has 0 saturated heterocycles. The average molecular weight is 156 g/mol. The van der Waals surface area contributed by atoms with Gasteiger partial charge in [-0.3, -0.25) is 0 Å². The molecule has 0 amide bonds. The predicted octanol–water partition coefficient (Wildman–Crippen LogP) is 0.968. The summed E-state index contributed by atoms with van der Waals surface area (Å²) in [5.74, 6) is 1.63. The highest BCUT2D eigenvalue weighted by molar-refractivity contribution is 4.88. The highest BCUT2D eigenvalue weighted by Gasteiger charge is 2.29. The van der Waals surface area contributed by atoms with Crippen LogP contribution in [0.3, 0.4) is 0 Å². The standard InChI is InChI=1S/C9H20N2/c1-6-4-8(10)9(11-3)5-7(6)2/h6-9,11H,4-5,10H2,1-3H3/t6?,7-,8?,9?/m0/s1. The second-order valence-electron chi connectivity index (χ2n) is 3.98. The summed E-state index contributed by atoms with van der Waals surface area (Å²) in [5, 5.41) is 3.28. The van der Waals surface area contributed by atoms with Crippen molar-refractivity contribution in [1.82, 2.24) is 5.32 Å². The third kappa shape index (κ3) is 1.94. The van der Waals surface area contributed by atoms with Crippen LogP contribution in [-0.4, -0.2) is 19.1 Å². The molecular formula is C9H20N2. The first-order valence-electron chi connectivity index (χ1n) is 4.58. The van der Waals surface area contributed by atoms with Gasteiger partial charge in [0.25, 0.3) is 0 Å². The van der Waals surface area contributed by atoms with Crippen LogP contribution in [0.25, 0.3) is 0 Å². The van der Waals surface area contributed by atoms with Gasteiger partial charge in [0.1, 0.15) is 0 Å². The molecule has 0 aliphatic heterocycles. The zero-order valence-corrected chi connectivity index (χ0v) is 7.80. The van der Waals surface area contributed by atoms with Crippen LogP contribution >= 0.6 is 0 Å². The van der Waals surface area contributed by atoms with Crippen molar-refractivity contribution in [2.24, 2.45) is 17.6 Å². The molecule has 0 radical (unpaired) electrons. The zero-order valence-electron chi connectivity index (χ0n) is 7.80. The van der Waals surface area contributed by atoms with E-state index in [0.717, 1.165) is 11.8 Å². The van der Waals surface area contributed by atoms with E-state index < -0.39 is 0 Å². The molecule has 2 heteroatoms. The molecule has 4 atom stereocenters. The lowest BCUT2D eigenvalue weighted by atomic mass is 9.76. The number of nitrogens with two attached hydrogens (primary N) is 1. The molecule has 3 unspecified atom stereocenters. The van der Waals surface area contributed by atoms with Crippen molar-refractivity contribution in [2.45, 2.75) is 38.8 Å². The fourth-order valence-corrected chi connectivity index (χ4v) is 1.97. The second kappa shape index (κ2) is 3.55. The summed E-state index contributed by atoms with van der Waals surface area (Å²) in [7, 11) is 2.01. The summed E-state index contributed by atoms with van der Waals surface area (Å²) in [4.78, 5) is 0. The Kier molecular flexibility index (Phi) is 2.90. The molecule has 1 aliphatic carbocycles. The van der Waals surface area contributed by atoms with Gasteiger partial charge in [-0.15, -0.1) is 0 Å². The van der Waals surface area contributed by atoms with Gasteiger partial charge in [0, 0.05) is 12.1 Å². The first-order valence-corrected chi connectivity index (χ1v) is 4.58. The van der Waals surface area contributed by atoms with E-state index in [2.05, 4.69) is 19.2 Å².